The second-order valence-corrected chi connectivity index (χ2v) is 13.8. The smallest absolute Gasteiger partial charge is 0.226 e. The lowest BCUT2D eigenvalue weighted by Crippen LogP contribution is -2.68. The molecule has 2 fully saturated rings. The van der Waals surface area contributed by atoms with Crippen molar-refractivity contribution in [3.63, 3.8) is 0 Å². The summed E-state index contributed by atoms with van der Waals surface area (Å²) in [5.41, 5.74) is 4.37. The van der Waals surface area contributed by atoms with E-state index >= 15 is 0 Å². The Morgan fingerprint density at radius 2 is 1.23 bits per heavy atom. The summed E-state index contributed by atoms with van der Waals surface area (Å²) >= 11 is 6.87. The van der Waals surface area contributed by atoms with Gasteiger partial charge < -0.3 is 33.5 Å². The Kier molecular flexibility index (Phi) is 11.4. The predicted molar refractivity (Wildman–Crippen MR) is 200 cm³/mol. The molecule has 7 rings (SSSR count). The molecule has 1 N–H and O–H groups in total. The van der Waals surface area contributed by atoms with Crippen molar-refractivity contribution in [3.05, 3.63) is 172 Å². The van der Waals surface area contributed by atoms with Gasteiger partial charge in [0.05, 0.1) is 39.1 Å². The van der Waals surface area contributed by atoms with Gasteiger partial charge in [-0.25, -0.2) is 0 Å². The van der Waals surface area contributed by atoms with Crippen LogP contribution in [0.4, 0.5) is 0 Å². The van der Waals surface area contributed by atoms with Crippen LogP contribution in [0.3, 0.4) is 0 Å². The highest BCUT2D eigenvalue weighted by Crippen LogP contribution is 2.55. The van der Waals surface area contributed by atoms with E-state index in [1.807, 2.05) is 147 Å². The van der Waals surface area contributed by atoms with Gasteiger partial charge in [-0.15, -0.1) is 0 Å². The Balaban J connectivity index is 1.31. The summed E-state index contributed by atoms with van der Waals surface area (Å²) < 4.78 is 40.4. The predicted octanol–water partition coefficient (Wildman–Crippen LogP) is 8.42. The molecule has 2 heterocycles. The van der Waals surface area contributed by atoms with Crippen LogP contribution in [0.15, 0.2) is 133 Å². The van der Waals surface area contributed by atoms with Crippen molar-refractivity contribution >= 4 is 11.6 Å². The summed E-state index contributed by atoms with van der Waals surface area (Å²) in [5, 5.41) is 11.9. The third kappa shape index (κ3) is 7.54. The van der Waals surface area contributed by atoms with Gasteiger partial charge >= 0.3 is 0 Å². The fourth-order valence-electron chi connectivity index (χ4n) is 7.28. The molecule has 0 radical (unpaired) electrons. The SMILES string of the molecule is CCOc1ccc(Cc2cc([C@]34OC(C)[C@](CO)(O3)[C@@H](OCc3ccccc3)[C@H](OCc3ccccc3)[C@H]4OCc3ccccc3)ccc2Cl)cc1. The van der Waals surface area contributed by atoms with E-state index in [9.17, 15) is 5.11 Å². The minimum Gasteiger partial charge on any atom is -0.494 e. The highest BCUT2D eigenvalue weighted by Gasteiger charge is 2.72. The van der Waals surface area contributed by atoms with E-state index in [0.717, 1.165) is 33.6 Å². The van der Waals surface area contributed by atoms with Crippen molar-refractivity contribution in [1.82, 2.24) is 0 Å². The lowest BCUT2D eigenvalue weighted by atomic mass is 9.80. The van der Waals surface area contributed by atoms with Gasteiger partial charge in [-0.1, -0.05) is 121 Å². The van der Waals surface area contributed by atoms with Gasteiger partial charge in [-0.2, -0.15) is 0 Å². The first-order valence-electron chi connectivity index (χ1n) is 17.9. The van der Waals surface area contributed by atoms with Crippen LogP contribution >= 0.6 is 11.6 Å². The van der Waals surface area contributed by atoms with Crippen LogP contribution in [0.1, 0.15) is 47.2 Å². The number of ether oxygens (including phenoxy) is 6. The number of rotatable bonds is 15. The Bertz CT molecular complexity index is 1870. The quantitative estimate of drug-likeness (QED) is 0.116. The molecule has 0 amide bonds. The van der Waals surface area contributed by atoms with Gasteiger partial charge in [0.1, 0.15) is 29.7 Å². The van der Waals surface area contributed by atoms with Gasteiger partial charge in [0.15, 0.2) is 0 Å². The topological polar surface area (TPSA) is 75.6 Å². The number of hydrogen-bond donors (Lipinski definition) is 1. The first-order chi connectivity index (χ1) is 25.4. The first kappa shape index (κ1) is 36.3. The van der Waals surface area contributed by atoms with Crippen molar-refractivity contribution in [3.8, 4) is 5.75 Å². The summed E-state index contributed by atoms with van der Waals surface area (Å²) in [4.78, 5) is 0. The second-order valence-electron chi connectivity index (χ2n) is 13.4. The van der Waals surface area contributed by atoms with E-state index in [-0.39, 0.29) is 26.4 Å². The number of halogens is 1. The summed E-state index contributed by atoms with van der Waals surface area (Å²) in [5.74, 6) is -0.651. The molecule has 2 aliphatic rings. The molecule has 8 heteroatoms. The first-order valence-corrected chi connectivity index (χ1v) is 18.3. The Morgan fingerprint density at radius 3 is 1.79 bits per heavy atom. The number of benzene rings is 5. The molecule has 2 bridgehead atoms. The summed E-state index contributed by atoms with van der Waals surface area (Å²) in [7, 11) is 0. The summed E-state index contributed by atoms with van der Waals surface area (Å²) in [6.07, 6.45) is -2.33. The largest absolute Gasteiger partial charge is 0.494 e. The fourth-order valence-corrected chi connectivity index (χ4v) is 7.47. The molecule has 1 unspecified atom stereocenters. The molecule has 2 aliphatic heterocycles. The number of hydrogen-bond acceptors (Lipinski definition) is 7. The van der Waals surface area contributed by atoms with Crippen LogP contribution < -0.4 is 4.74 Å². The van der Waals surface area contributed by atoms with E-state index in [0.29, 0.717) is 23.6 Å². The second kappa shape index (κ2) is 16.3. The van der Waals surface area contributed by atoms with Gasteiger partial charge in [-0.05, 0) is 72.4 Å². The van der Waals surface area contributed by atoms with E-state index in [1.54, 1.807) is 0 Å². The lowest BCUT2D eigenvalue weighted by Gasteiger charge is -2.51. The Morgan fingerprint density at radius 1 is 0.673 bits per heavy atom. The molecule has 0 saturated carbocycles. The zero-order valence-corrected chi connectivity index (χ0v) is 30.3. The van der Waals surface area contributed by atoms with Crippen LogP contribution in [0.25, 0.3) is 0 Å². The highest BCUT2D eigenvalue weighted by molar-refractivity contribution is 6.31. The highest BCUT2D eigenvalue weighted by atomic mass is 35.5. The molecular formula is C44H45ClO7. The molecule has 2 saturated heterocycles. The van der Waals surface area contributed by atoms with E-state index in [1.165, 1.54) is 0 Å². The molecule has 0 spiro atoms. The van der Waals surface area contributed by atoms with Crippen LogP contribution in [0, 0.1) is 0 Å². The van der Waals surface area contributed by atoms with Crippen molar-refractivity contribution in [2.75, 3.05) is 13.2 Å². The molecule has 7 nitrogen and oxygen atoms in total. The van der Waals surface area contributed by atoms with Crippen LogP contribution in [0.2, 0.25) is 5.02 Å². The molecular weight excluding hydrogens is 676 g/mol. The number of fused-ring (bicyclic) bond motifs is 2. The maximum Gasteiger partial charge on any atom is 0.226 e. The van der Waals surface area contributed by atoms with Gasteiger partial charge in [0.25, 0.3) is 0 Å². The zero-order chi connectivity index (χ0) is 36.0. The van der Waals surface area contributed by atoms with Gasteiger partial charge in [-0.3, -0.25) is 0 Å². The average molecular weight is 721 g/mol. The van der Waals surface area contributed by atoms with Crippen LogP contribution in [0.5, 0.6) is 5.75 Å². The van der Waals surface area contributed by atoms with Crippen molar-refractivity contribution in [2.45, 2.75) is 75.9 Å². The van der Waals surface area contributed by atoms with E-state index in [2.05, 4.69) is 0 Å². The number of aliphatic hydroxyl groups is 1. The fraction of sp³-hybridized carbons (Fsp3) is 0.318. The lowest BCUT2D eigenvalue weighted by molar-refractivity contribution is -0.353. The standard InChI is InChI=1S/C44H45ClO7/c1-3-47-38-22-19-32(20-23-38)25-36-26-37(21-24-39(36)45)44-42(50-29-35-17-11-6-12-18-35)40(48-27-33-13-7-4-8-14-33)41(43(30-46,52-44)31(2)51-44)49-28-34-15-9-5-10-16-34/h4-24,26,31,40-42,46H,3,25,27-30H2,1-2H3/t31?,40-,41-,42+,43-,44-/m0/s1. The Hall–Kier alpha value is -4.05. The molecule has 0 aliphatic carbocycles. The molecule has 270 valence electrons. The van der Waals surface area contributed by atoms with Crippen molar-refractivity contribution in [2.24, 2.45) is 0 Å². The summed E-state index contributed by atoms with van der Waals surface area (Å²) in [6.45, 7) is 4.96. The van der Waals surface area contributed by atoms with Gasteiger partial charge in [0, 0.05) is 10.6 Å². The number of aliphatic hydroxyl groups excluding tert-OH is 1. The Labute approximate surface area is 311 Å². The van der Waals surface area contributed by atoms with Crippen LogP contribution in [-0.4, -0.2) is 48.3 Å². The normalized spacial score (nSPS) is 25.2. The van der Waals surface area contributed by atoms with Crippen molar-refractivity contribution in [1.29, 1.82) is 0 Å². The third-order valence-electron chi connectivity index (χ3n) is 9.99. The molecule has 6 atom stereocenters. The maximum absolute atomic E-state index is 11.3. The maximum atomic E-state index is 11.3. The monoisotopic (exact) mass is 720 g/mol. The molecule has 52 heavy (non-hydrogen) atoms. The summed E-state index contributed by atoms with van der Waals surface area (Å²) in [6, 6.07) is 43.8. The average Bonchev–Trinajstić information content (AvgIpc) is 3.46. The molecule has 5 aromatic rings. The minimum atomic E-state index is -1.47. The van der Waals surface area contributed by atoms with Crippen LogP contribution in [-0.2, 0) is 55.7 Å². The zero-order valence-electron chi connectivity index (χ0n) is 29.5. The van der Waals surface area contributed by atoms with E-state index < -0.39 is 35.8 Å². The van der Waals surface area contributed by atoms with E-state index in [4.69, 9.17) is 40.0 Å². The third-order valence-corrected chi connectivity index (χ3v) is 10.4. The van der Waals surface area contributed by atoms with Gasteiger partial charge in [0.2, 0.25) is 5.79 Å². The minimum absolute atomic E-state index is 0.268. The van der Waals surface area contributed by atoms with Crippen molar-refractivity contribution < 1.29 is 33.5 Å². The molecule has 0 aromatic heterocycles. The molecule has 5 aromatic carbocycles.